The average Bonchev–Trinajstić information content (AvgIpc) is 2.80. The van der Waals surface area contributed by atoms with Crippen molar-refractivity contribution in [1.29, 1.82) is 0 Å². The summed E-state index contributed by atoms with van der Waals surface area (Å²) in [4.78, 5) is 14.1. The maximum absolute atomic E-state index is 14.1. The molecule has 0 fully saturated rings. The zero-order chi connectivity index (χ0) is 30.6. The van der Waals surface area contributed by atoms with Crippen LogP contribution in [-0.4, -0.2) is 36.6 Å². The molecule has 0 unspecified atom stereocenters. The van der Waals surface area contributed by atoms with Crippen LogP contribution in [0.1, 0.15) is 83.1 Å². The number of hydrogen-bond acceptors (Lipinski definition) is 8. The molecule has 8 heteroatoms. The van der Waals surface area contributed by atoms with Crippen molar-refractivity contribution < 1.29 is 32.8 Å². The summed E-state index contributed by atoms with van der Waals surface area (Å²) >= 11 is 0. The largest absolute Gasteiger partial charge is 0.491 e. The van der Waals surface area contributed by atoms with Crippen molar-refractivity contribution in [3.63, 3.8) is 0 Å². The van der Waals surface area contributed by atoms with Gasteiger partial charge in [-0.25, -0.2) is 0 Å². The number of fused-ring (bicyclic) bond motifs is 1. The Balaban J connectivity index is 2.44. The zero-order valence-electron chi connectivity index (χ0n) is 26.5. The zero-order valence-corrected chi connectivity index (χ0v) is 26.5. The number of rotatable bonds is 13. The van der Waals surface area contributed by atoms with Crippen LogP contribution in [0.2, 0.25) is 0 Å². The monoisotopic (exact) mass is 570 g/mol. The van der Waals surface area contributed by atoms with Crippen LogP contribution in [0.3, 0.4) is 0 Å². The van der Waals surface area contributed by atoms with Crippen molar-refractivity contribution in [2.45, 2.75) is 120 Å². The van der Waals surface area contributed by atoms with Gasteiger partial charge in [0.2, 0.25) is 16.9 Å². The lowest BCUT2D eigenvalue weighted by Gasteiger charge is -2.23. The molecule has 0 aliphatic carbocycles. The van der Waals surface area contributed by atoms with E-state index in [2.05, 4.69) is 0 Å². The smallest absolute Gasteiger partial charge is 0.239 e. The van der Waals surface area contributed by atoms with Gasteiger partial charge in [0.25, 0.3) is 0 Å². The first-order chi connectivity index (χ1) is 19.2. The second-order valence-electron chi connectivity index (χ2n) is 11.7. The molecule has 0 spiro atoms. The first-order valence-corrected chi connectivity index (χ1v) is 14.5. The predicted octanol–water partition coefficient (Wildman–Crippen LogP) is 8.18. The van der Waals surface area contributed by atoms with Gasteiger partial charge in [0.1, 0.15) is 22.5 Å². The molecule has 226 valence electrons. The molecule has 0 saturated carbocycles. The van der Waals surface area contributed by atoms with Crippen molar-refractivity contribution in [3.8, 4) is 45.8 Å². The minimum absolute atomic E-state index is 0.0714. The van der Waals surface area contributed by atoms with E-state index in [1.807, 2.05) is 83.1 Å². The predicted molar refractivity (Wildman–Crippen MR) is 163 cm³/mol. The van der Waals surface area contributed by atoms with E-state index in [-0.39, 0.29) is 58.9 Å². The van der Waals surface area contributed by atoms with E-state index >= 15 is 0 Å². The average molecular weight is 571 g/mol. The van der Waals surface area contributed by atoms with Crippen molar-refractivity contribution in [2.75, 3.05) is 0 Å². The molecule has 3 rings (SSSR count). The van der Waals surface area contributed by atoms with Gasteiger partial charge in [-0.3, -0.25) is 4.79 Å². The van der Waals surface area contributed by atoms with Crippen molar-refractivity contribution >= 4 is 11.0 Å². The maximum atomic E-state index is 14.1. The Morgan fingerprint density at radius 3 is 1.41 bits per heavy atom. The molecule has 1 aromatic heterocycles. The third kappa shape index (κ3) is 8.24. The molecule has 0 radical (unpaired) electrons. The van der Waals surface area contributed by atoms with Gasteiger partial charge in [-0.15, -0.1) is 0 Å². The van der Waals surface area contributed by atoms with Gasteiger partial charge in [0, 0.05) is 17.7 Å². The van der Waals surface area contributed by atoms with E-state index in [1.165, 1.54) is 0 Å². The summed E-state index contributed by atoms with van der Waals surface area (Å²) < 4.78 is 43.2. The third-order valence-electron chi connectivity index (χ3n) is 5.34. The highest BCUT2D eigenvalue weighted by Gasteiger charge is 2.26. The number of hydrogen-bond donors (Lipinski definition) is 0. The first-order valence-electron chi connectivity index (χ1n) is 14.5. The van der Waals surface area contributed by atoms with Gasteiger partial charge in [-0.05, 0) is 95.2 Å². The highest BCUT2D eigenvalue weighted by atomic mass is 16.6. The molecule has 2 aromatic carbocycles. The lowest BCUT2D eigenvalue weighted by atomic mass is 10.1. The molecule has 8 nitrogen and oxygen atoms in total. The van der Waals surface area contributed by atoms with Gasteiger partial charge in [0.15, 0.2) is 17.3 Å². The van der Waals surface area contributed by atoms with Gasteiger partial charge < -0.3 is 32.8 Å². The SMILES string of the molecule is CC(C)Oc1cc(OC(C)C)c2c(=O)c(OC(C)C)c(-c3cc(OC(C)C)c(OC(C)C)c(OC(C)C)c3)oc2c1. The Kier molecular flexibility index (Phi) is 10.5. The van der Waals surface area contributed by atoms with E-state index in [9.17, 15) is 4.79 Å². The van der Waals surface area contributed by atoms with E-state index in [4.69, 9.17) is 32.8 Å². The van der Waals surface area contributed by atoms with Crippen molar-refractivity contribution in [1.82, 2.24) is 0 Å². The Morgan fingerprint density at radius 1 is 0.512 bits per heavy atom. The van der Waals surface area contributed by atoms with Gasteiger partial charge >= 0.3 is 0 Å². The summed E-state index contributed by atoms with van der Waals surface area (Å²) in [5.41, 5.74) is 0.514. The molecule has 0 atom stereocenters. The summed E-state index contributed by atoms with van der Waals surface area (Å²) in [5.74, 6) is 2.65. The van der Waals surface area contributed by atoms with E-state index in [0.29, 0.717) is 39.9 Å². The molecule has 0 aliphatic heterocycles. The summed E-state index contributed by atoms with van der Waals surface area (Å²) in [6, 6.07) is 7.02. The highest BCUT2D eigenvalue weighted by Crippen LogP contribution is 2.46. The number of benzene rings is 2. The molecule has 3 aromatic rings. The van der Waals surface area contributed by atoms with E-state index < -0.39 is 0 Å². The Hall–Kier alpha value is -3.55. The van der Waals surface area contributed by atoms with Crippen molar-refractivity contribution in [3.05, 3.63) is 34.5 Å². The van der Waals surface area contributed by atoms with Crippen LogP contribution in [0.25, 0.3) is 22.3 Å². The minimum atomic E-state index is -0.346. The second kappa shape index (κ2) is 13.4. The normalized spacial score (nSPS) is 11.9. The highest BCUT2D eigenvalue weighted by molar-refractivity contribution is 5.89. The Labute approximate surface area is 243 Å². The Morgan fingerprint density at radius 2 is 0.951 bits per heavy atom. The van der Waals surface area contributed by atoms with Crippen LogP contribution in [0.5, 0.6) is 34.5 Å². The van der Waals surface area contributed by atoms with Gasteiger partial charge in [-0.2, -0.15) is 0 Å². The fourth-order valence-corrected chi connectivity index (χ4v) is 4.21. The van der Waals surface area contributed by atoms with Crippen LogP contribution in [0, 0.1) is 0 Å². The van der Waals surface area contributed by atoms with Crippen molar-refractivity contribution in [2.24, 2.45) is 0 Å². The van der Waals surface area contributed by atoms with Gasteiger partial charge in [-0.1, -0.05) is 0 Å². The lowest BCUT2D eigenvalue weighted by molar-refractivity contribution is 0.176. The van der Waals surface area contributed by atoms with Crippen LogP contribution in [0.15, 0.2) is 33.5 Å². The number of ether oxygens (including phenoxy) is 6. The van der Waals surface area contributed by atoms with Crippen LogP contribution in [0.4, 0.5) is 0 Å². The van der Waals surface area contributed by atoms with Crippen LogP contribution < -0.4 is 33.8 Å². The first kappa shape index (κ1) is 32.0. The topological polar surface area (TPSA) is 85.6 Å². The summed E-state index contributed by atoms with van der Waals surface area (Å²) in [6.07, 6.45) is -0.980. The minimum Gasteiger partial charge on any atom is -0.491 e. The molecule has 0 aliphatic rings. The van der Waals surface area contributed by atoms with E-state index in [1.54, 1.807) is 24.3 Å². The fraction of sp³-hybridized carbons (Fsp3) is 0.545. The molecule has 0 saturated heterocycles. The molecule has 41 heavy (non-hydrogen) atoms. The molecule has 1 heterocycles. The quantitative estimate of drug-likeness (QED) is 0.203. The second-order valence-corrected chi connectivity index (χ2v) is 11.7. The van der Waals surface area contributed by atoms with Crippen LogP contribution >= 0.6 is 0 Å². The fourth-order valence-electron chi connectivity index (χ4n) is 4.21. The van der Waals surface area contributed by atoms with Gasteiger partial charge in [0.05, 0.1) is 36.6 Å². The molecule has 0 amide bonds. The maximum Gasteiger partial charge on any atom is 0.239 e. The molecule has 0 bridgehead atoms. The van der Waals surface area contributed by atoms with E-state index in [0.717, 1.165) is 0 Å². The molecular weight excluding hydrogens is 524 g/mol. The van der Waals surface area contributed by atoms with Crippen LogP contribution in [-0.2, 0) is 0 Å². The lowest BCUT2D eigenvalue weighted by Crippen LogP contribution is -2.17. The third-order valence-corrected chi connectivity index (χ3v) is 5.34. The summed E-state index contributed by atoms with van der Waals surface area (Å²) in [7, 11) is 0. The summed E-state index contributed by atoms with van der Waals surface area (Å²) in [5, 5.41) is 0.284. The Bertz CT molecular complexity index is 1350. The molecule has 0 N–H and O–H groups in total. The summed E-state index contributed by atoms with van der Waals surface area (Å²) in [6.45, 7) is 23.0. The standard InChI is InChI=1S/C33H46O8/c1-17(2)35-24-15-25(36-18(3)4)29-26(16-24)41-31(33(30(29)34)40-22(11)12)23-13-27(37-19(5)6)32(39-21(9)10)28(14-23)38-20(7)8/h13-22H,1-12H3. The molecular formula is C33H46O8.